The molecule has 1 aromatic heterocycles. The molecule has 0 aliphatic heterocycles. The summed E-state index contributed by atoms with van der Waals surface area (Å²) in [4.78, 5) is 8.32. The van der Waals surface area contributed by atoms with Crippen LogP contribution < -0.4 is 10.6 Å². The lowest BCUT2D eigenvalue weighted by atomic mass is 10.3. The van der Waals surface area contributed by atoms with E-state index in [4.69, 9.17) is 11.6 Å². The monoisotopic (exact) mass is 266 g/mol. The van der Waals surface area contributed by atoms with Crippen molar-refractivity contribution in [1.82, 2.24) is 9.97 Å². The molecule has 4 nitrogen and oxygen atoms in total. The lowest BCUT2D eigenvalue weighted by Crippen LogP contribution is -2.03. The van der Waals surface area contributed by atoms with E-state index in [2.05, 4.69) is 20.6 Å². The smallest absolute Gasteiger partial charge is 0.224 e. The van der Waals surface area contributed by atoms with Gasteiger partial charge in [0.25, 0.3) is 0 Å². The Morgan fingerprint density at radius 2 is 2.06 bits per heavy atom. The summed E-state index contributed by atoms with van der Waals surface area (Å²) < 4.78 is 13.6. The van der Waals surface area contributed by atoms with E-state index in [0.29, 0.717) is 16.8 Å². The maximum atomic E-state index is 13.6. The van der Waals surface area contributed by atoms with Crippen LogP contribution in [0.3, 0.4) is 0 Å². The number of aromatic nitrogens is 2. The Balaban J connectivity index is 2.37. The van der Waals surface area contributed by atoms with Crippen LogP contribution in [0.25, 0.3) is 0 Å². The van der Waals surface area contributed by atoms with Gasteiger partial charge in [-0.15, -0.1) is 0 Å². The highest BCUT2D eigenvalue weighted by atomic mass is 35.5. The van der Waals surface area contributed by atoms with Crippen LogP contribution in [-0.4, -0.2) is 17.0 Å². The SMILES string of the molecule is CNc1nc(C)cc(Nc2c(F)cccc2Cl)n1. The predicted molar refractivity (Wildman–Crippen MR) is 71.0 cm³/mol. The number of hydrogen-bond acceptors (Lipinski definition) is 4. The number of para-hydroxylation sites is 1. The molecule has 2 N–H and O–H groups in total. The van der Waals surface area contributed by atoms with Gasteiger partial charge in [-0.3, -0.25) is 0 Å². The van der Waals surface area contributed by atoms with Crippen molar-refractivity contribution in [2.75, 3.05) is 17.7 Å². The van der Waals surface area contributed by atoms with E-state index in [1.807, 2.05) is 6.92 Å². The first-order valence-corrected chi connectivity index (χ1v) is 5.72. The molecule has 0 amide bonds. The van der Waals surface area contributed by atoms with Gasteiger partial charge >= 0.3 is 0 Å². The Kier molecular flexibility index (Phi) is 3.62. The lowest BCUT2D eigenvalue weighted by Gasteiger charge is -2.10. The fourth-order valence-corrected chi connectivity index (χ4v) is 1.70. The van der Waals surface area contributed by atoms with Crippen molar-refractivity contribution >= 4 is 29.1 Å². The van der Waals surface area contributed by atoms with E-state index in [0.717, 1.165) is 5.69 Å². The molecule has 2 rings (SSSR count). The molecular formula is C12H12ClFN4. The molecule has 94 valence electrons. The first kappa shape index (κ1) is 12.6. The van der Waals surface area contributed by atoms with Crippen molar-refractivity contribution in [3.05, 3.63) is 40.8 Å². The number of anilines is 3. The molecule has 18 heavy (non-hydrogen) atoms. The van der Waals surface area contributed by atoms with Crippen molar-refractivity contribution in [3.63, 3.8) is 0 Å². The first-order chi connectivity index (χ1) is 8.60. The van der Waals surface area contributed by atoms with E-state index >= 15 is 0 Å². The molecule has 0 fully saturated rings. The van der Waals surface area contributed by atoms with Gasteiger partial charge in [0.2, 0.25) is 5.95 Å². The highest BCUT2D eigenvalue weighted by molar-refractivity contribution is 6.33. The zero-order valence-electron chi connectivity index (χ0n) is 9.96. The van der Waals surface area contributed by atoms with E-state index in [-0.39, 0.29) is 5.69 Å². The zero-order valence-corrected chi connectivity index (χ0v) is 10.7. The molecule has 0 bridgehead atoms. The van der Waals surface area contributed by atoms with Crippen LogP contribution >= 0.6 is 11.6 Å². The van der Waals surface area contributed by atoms with Gasteiger partial charge in [0, 0.05) is 18.8 Å². The van der Waals surface area contributed by atoms with Gasteiger partial charge in [0.1, 0.15) is 11.6 Å². The summed E-state index contributed by atoms with van der Waals surface area (Å²) in [5.74, 6) is 0.522. The van der Waals surface area contributed by atoms with Crippen molar-refractivity contribution in [2.45, 2.75) is 6.92 Å². The van der Waals surface area contributed by atoms with Gasteiger partial charge in [0.15, 0.2) is 0 Å². The zero-order chi connectivity index (χ0) is 13.1. The number of benzene rings is 1. The van der Waals surface area contributed by atoms with Crippen LogP contribution in [0.2, 0.25) is 5.02 Å². The normalized spacial score (nSPS) is 10.2. The molecule has 1 heterocycles. The maximum Gasteiger partial charge on any atom is 0.224 e. The summed E-state index contributed by atoms with van der Waals surface area (Å²) >= 11 is 5.93. The topological polar surface area (TPSA) is 49.8 Å². The molecule has 0 saturated carbocycles. The predicted octanol–water partition coefficient (Wildman–Crippen LogP) is 3.36. The molecule has 0 aliphatic rings. The molecule has 0 unspecified atom stereocenters. The average molecular weight is 267 g/mol. The molecule has 0 saturated heterocycles. The minimum absolute atomic E-state index is 0.208. The van der Waals surface area contributed by atoms with Crippen LogP contribution in [-0.2, 0) is 0 Å². The second-order valence-electron chi connectivity index (χ2n) is 3.69. The van der Waals surface area contributed by atoms with Gasteiger partial charge in [-0.25, -0.2) is 9.37 Å². The molecule has 0 aliphatic carbocycles. The quantitative estimate of drug-likeness (QED) is 0.894. The lowest BCUT2D eigenvalue weighted by molar-refractivity contribution is 0.632. The Morgan fingerprint density at radius 1 is 1.28 bits per heavy atom. The van der Waals surface area contributed by atoms with Gasteiger partial charge < -0.3 is 10.6 Å². The second kappa shape index (κ2) is 5.18. The van der Waals surface area contributed by atoms with Crippen molar-refractivity contribution in [3.8, 4) is 0 Å². The fraction of sp³-hybridized carbons (Fsp3) is 0.167. The highest BCUT2D eigenvalue weighted by Crippen LogP contribution is 2.27. The number of hydrogen-bond donors (Lipinski definition) is 2. The minimum atomic E-state index is -0.426. The van der Waals surface area contributed by atoms with Crippen LogP contribution in [0.1, 0.15) is 5.69 Å². The molecule has 0 spiro atoms. The number of aryl methyl sites for hydroxylation is 1. The molecule has 1 aromatic carbocycles. The number of rotatable bonds is 3. The van der Waals surface area contributed by atoms with Crippen molar-refractivity contribution < 1.29 is 4.39 Å². The first-order valence-electron chi connectivity index (χ1n) is 5.34. The van der Waals surface area contributed by atoms with Gasteiger partial charge in [-0.05, 0) is 19.1 Å². The summed E-state index contributed by atoms with van der Waals surface area (Å²) in [5, 5.41) is 6.00. The fourth-order valence-electron chi connectivity index (χ4n) is 1.49. The number of halogens is 2. The van der Waals surface area contributed by atoms with Gasteiger partial charge in [0.05, 0.1) is 10.7 Å². The van der Waals surface area contributed by atoms with Crippen LogP contribution in [0.5, 0.6) is 0 Å². The third kappa shape index (κ3) is 2.68. The summed E-state index contributed by atoms with van der Waals surface area (Å²) in [7, 11) is 1.72. The molecule has 2 aromatic rings. The molecule has 0 atom stereocenters. The summed E-state index contributed by atoms with van der Waals surface area (Å²) in [5.41, 5.74) is 0.976. The summed E-state index contributed by atoms with van der Waals surface area (Å²) in [6.45, 7) is 1.83. The van der Waals surface area contributed by atoms with E-state index < -0.39 is 5.82 Å². The largest absolute Gasteiger partial charge is 0.357 e. The summed E-state index contributed by atoms with van der Waals surface area (Å²) in [6.07, 6.45) is 0. The highest BCUT2D eigenvalue weighted by Gasteiger charge is 2.08. The number of nitrogens with one attached hydrogen (secondary N) is 2. The Morgan fingerprint density at radius 3 is 2.72 bits per heavy atom. The van der Waals surface area contributed by atoms with Crippen LogP contribution in [0.4, 0.5) is 21.8 Å². The molecule has 6 heteroatoms. The van der Waals surface area contributed by atoms with E-state index in [1.54, 1.807) is 25.2 Å². The second-order valence-corrected chi connectivity index (χ2v) is 4.10. The van der Waals surface area contributed by atoms with Crippen molar-refractivity contribution in [1.29, 1.82) is 0 Å². The Labute approximate surface area is 109 Å². The minimum Gasteiger partial charge on any atom is -0.357 e. The number of nitrogens with zero attached hydrogens (tertiary/aromatic N) is 2. The van der Waals surface area contributed by atoms with Crippen molar-refractivity contribution in [2.24, 2.45) is 0 Å². The third-order valence-corrected chi connectivity index (χ3v) is 2.61. The molecular weight excluding hydrogens is 255 g/mol. The van der Waals surface area contributed by atoms with Crippen LogP contribution in [0.15, 0.2) is 24.3 Å². The average Bonchev–Trinajstić information content (AvgIpc) is 2.33. The summed E-state index contributed by atoms with van der Waals surface area (Å²) in [6, 6.07) is 6.21. The van der Waals surface area contributed by atoms with E-state index in [9.17, 15) is 4.39 Å². The molecule has 0 radical (unpaired) electrons. The Bertz CT molecular complexity index is 554. The standard InChI is InChI=1S/C12H12ClFN4/c1-7-6-10(18-12(15-2)16-7)17-11-8(13)4-3-5-9(11)14/h3-6H,1-2H3,(H2,15,16,17,18). The third-order valence-electron chi connectivity index (χ3n) is 2.29. The van der Waals surface area contributed by atoms with Gasteiger partial charge in [-0.2, -0.15) is 4.98 Å². The maximum absolute atomic E-state index is 13.6. The van der Waals surface area contributed by atoms with E-state index in [1.165, 1.54) is 6.07 Å². The van der Waals surface area contributed by atoms with Crippen LogP contribution in [0, 0.1) is 12.7 Å². The van der Waals surface area contributed by atoms with Gasteiger partial charge in [-0.1, -0.05) is 17.7 Å². The Hall–Kier alpha value is -1.88.